The normalized spacial score (nSPS) is 10.6. The quantitative estimate of drug-likeness (QED) is 0.677. The molecule has 7 heteroatoms. The molecule has 1 aromatic carbocycles. The standard InChI is InChI=1S/C12H10F2N2OS2/c13-10(14)2-1-5-18-12-16-8-6-7(11(15)17)3-4-9(8)19-12/h2-4,6H,1,5H2,(H2,15,17). The van der Waals surface area contributed by atoms with E-state index in [9.17, 15) is 13.6 Å². The number of rotatable bonds is 5. The van der Waals surface area contributed by atoms with Crippen LogP contribution in [0.3, 0.4) is 0 Å². The van der Waals surface area contributed by atoms with Crippen molar-refractivity contribution in [3.63, 3.8) is 0 Å². The zero-order chi connectivity index (χ0) is 13.8. The van der Waals surface area contributed by atoms with Crippen molar-refractivity contribution in [1.82, 2.24) is 4.98 Å². The molecule has 0 radical (unpaired) electrons. The summed E-state index contributed by atoms with van der Waals surface area (Å²) in [5.74, 6) is 0.0486. The smallest absolute Gasteiger partial charge is 0.266 e. The Morgan fingerprint density at radius 2 is 2.26 bits per heavy atom. The van der Waals surface area contributed by atoms with Crippen LogP contribution in [0.1, 0.15) is 16.8 Å². The number of amides is 1. The zero-order valence-electron chi connectivity index (χ0n) is 9.73. The summed E-state index contributed by atoms with van der Waals surface area (Å²) in [7, 11) is 0. The number of hydrogen-bond acceptors (Lipinski definition) is 4. The number of benzene rings is 1. The fourth-order valence-corrected chi connectivity index (χ4v) is 3.44. The molecule has 100 valence electrons. The van der Waals surface area contributed by atoms with Gasteiger partial charge in [0.15, 0.2) is 4.34 Å². The molecule has 1 heterocycles. The van der Waals surface area contributed by atoms with E-state index in [1.165, 1.54) is 23.1 Å². The number of fused-ring (bicyclic) bond motifs is 1. The zero-order valence-corrected chi connectivity index (χ0v) is 11.4. The van der Waals surface area contributed by atoms with Crippen LogP contribution in [0.5, 0.6) is 0 Å². The summed E-state index contributed by atoms with van der Waals surface area (Å²) in [6, 6.07) is 5.08. The van der Waals surface area contributed by atoms with Crippen molar-refractivity contribution in [2.45, 2.75) is 10.8 Å². The second-order valence-electron chi connectivity index (χ2n) is 3.66. The number of thioether (sulfide) groups is 1. The third kappa shape index (κ3) is 3.74. The Hall–Kier alpha value is -1.47. The molecule has 0 atom stereocenters. The first-order chi connectivity index (χ1) is 9.06. The molecule has 0 fully saturated rings. The van der Waals surface area contributed by atoms with E-state index in [4.69, 9.17) is 5.73 Å². The maximum atomic E-state index is 11.8. The predicted octanol–water partition coefficient (Wildman–Crippen LogP) is 3.66. The van der Waals surface area contributed by atoms with Crippen LogP contribution in [0.4, 0.5) is 8.78 Å². The molecule has 0 aliphatic rings. The van der Waals surface area contributed by atoms with E-state index in [0.29, 0.717) is 23.3 Å². The number of carbonyl (C=O) groups is 1. The molecule has 0 aliphatic carbocycles. The van der Waals surface area contributed by atoms with Crippen molar-refractivity contribution < 1.29 is 13.6 Å². The van der Waals surface area contributed by atoms with Crippen molar-refractivity contribution in [3.05, 3.63) is 35.9 Å². The molecular formula is C12H10F2N2OS2. The van der Waals surface area contributed by atoms with Gasteiger partial charge < -0.3 is 5.73 Å². The van der Waals surface area contributed by atoms with Crippen LogP contribution in [0.2, 0.25) is 0 Å². The summed E-state index contributed by atoms with van der Waals surface area (Å²) in [5, 5.41) is 0. The number of hydrogen-bond donors (Lipinski definition) is 1. The Labute approximate surface area is 116 Å². The van der Waals surface area contributed by atoms with Gasteiger partial charge in [-0.25, -0.2) is 4.98 Å². The Kier molecular flexibility index (Phi) is 4.49. The molecule has 0 saturated heterocycles. The van der Waals surface area contributed by atoms with Gasteiger partial charge in [0.2, 0.25) is 5.91 Å². The summed E-state index contributed by atoms with van der Waals surface area (Å²) in [5.41, 5.74) is 6.31. The van der Waals surface area contributed by atoms with Gasteiger partial charge in [0.1, 0.15) is 0 Å². The first kappa shape index (κ1) is 14.0. The highest BCUT2D eigenvalue weighted by Crippen LogP contribution is 2.30. The highest BCUT2D eigenvalue weighted by molar-refractivity contribution is 8.01. The number of halogens is 2. The second-order valence-corrected chi connectivity index (χ2v) is 6.03. The number of primary amides is 1. The number of allylic oxidation sites excluding steroid dienone is 1. The molecule has 0 saturated carbocycles. The third-order valence-electron chi connectivity index (χ3n) is 2.29. The largest absolute Gasteiger partial charge is 0.366 e. The average Bonchev–Trinajstić information content (AvgIpc) is 2.75. The Balaban J connectivity index is 2.09. The lowest BCUT2D eigenvalue weighted by Crippen LogP contribution is -2.10. The molecule has 0 spiro atoms. The van der Waals surface area contributed by atoms with Crippen molar-refractivity contribution in [2.75, 3.05) is 5.75 Å². The number of aromatic nitrogens is 1. The third-order valence-corrected chi connectivity index (χ3v) is 4.51. The second kappa shape index (κ2) is 6.12. The number of nitrogens with zero attached hydrogens (tertiary/aromatic N) is 1. The van der Waals surface area contributed by atoms with E-state index in [0.717, 1.165) is 15.1 Å². The van der Waals surface area contributed by atoms with Crippen LogP contribution >= 0.6 is 23.1 Å². The van der Waals surface area contributed by atoms with E-state index in [-0.39, 0.29) is 0 Å². The summed E-state index contributed by atoms with van der Waals surface area (Å²) < 4.78 is 25.4. The van der Waals surface area contributed by atoms with Crippen molar-refractivity contribution in [2.24, 2.45) is 5.73 Å². The van der Waals surface area contributed by atoms with Crippen LogP contribution in [0, 0.1) is 0 Å². The number of nitrogens with two attached hydrogens (primary N) is 1. The van der Waals surface area contributed by atoms with Gasteiger partial charge in [0.05, 0.1) is 10.2 Å². The molecule has 0 bridgehead atoms. The molecule has 3 nitrogen and oxygen atoms in total. The summed E-state index contributed by atoms with van der Waals surface area (Å²) >= 11 is 2.88. The molecule has 2 rings (SSSR count). The predicted molar refractivity (Wildman–Crippen MR) is 73.8 cm³/mol. The number of carbonyl (C=O) groups excluding carboxylic acids is 1. The van der Waals surface area contributed by atoms with Gasteiger partial charge in [-0.15, -0.1) is 11.3 Å². The van der Waals surface area contributed by atoms with Crippen LogP contribution in [0.25, 0.3) is 10.2 Å². The lowest BCUT2D eigenvalue weighted by molar-refractivity contribution is 0.100. The van der Waals surface area contributed by atoms with Gasteiger partial charge in [-0.1, -0.05) is 11.8 Å². The van der Waals surface area contributed by atoms with Gasteiger partial charge in [-0.05, 0) is 30.7 Å². The molecule has 2 N–H and O–H groups in total. The minimum atomic E-state index is -1.66. The first-order valence-corrected chi connectivity index (χ1v) is 7.21. The van der Waals surface area contributed by atoms with E-state index in [1.807, 2.05) is 0 Å². The fourth-order valence-electron chi connectivity index (χ4n) is 1.44. The van der Waals surface area contributed by atoms with Gasteiger partial charge in [0.25, 0.3) is 6.08 Å². The van der Waals surface area contributed by atoms with Crippen LogP contribution in [-0.4, -0.2) is 16.6 Å². The Bertz CT molecular complexity index is 636. The van der Waals surface area contributed by atoms with E-state index >= 15 is 0 Å². The molecule has 1 aromatic heterocycles. The van der Waals surface area contributed by atoms with Crippen molar-refractivity contribution in [3.8, 4) is 0 Å². The molecule has 0 aliphatic heterocycles. The van der Waals surface area contributed by atoms with Gasteiger partial charge in [-0.3, -0.25) is 4.79 Å². The van der Waals surface area contributed by atoms with Crippen LogP contribution in [0.15, 0.2) is 34.7 Å². The maximum absolute atomic E-state index is 11.8. The van der Waals surface area contributed by atoms with Gasteiger partial charge in [-0.2, -0.15) is 8.78 Å². The average molecular weight is 300 g/mol. The molecule has 19 heavy (non-hydrogen) atoms. The molecule has 1 amide bonds. The summed E-state index contributed by atoms with van der Waals surface area (Å²) in [6.45, 7) is 0. The van der Waals surface area contributed by atoms with Crippen LogP contribution < -0.4 is 5.73 Å². The SMILES string of the molecule is NC(=O)c1ccc2sc(SCCC=C(F)F)nc2c1. The van der Waals surface area contributed by atoms with E-state index in [1.54, 1.807) is 18.2 Å². The lowest BCUT2D eigenvalue weighted by atomic mass is 10.2. The topological polar surface area (TPSA) is 56.0 Å². The van der Waals surface area contributed by atoms with Crippen molar-refractivity contribution in [1.29, 1.82) is 0 Å². The minimum absolute atomic E-state index is 0.301. The monoisotopic (exact) mass is 300 g/mol. The first-order valence-electron chi connectivity index (χ1n) is 5.40. The molecule has 2 aromatic rings. The Morgan fingerprint density at radius 1 is 1.47 bits per heavy atom. The minimum Gasteiger partial charge on any atom is -0.366 e. The fraction of sp³-hybridized carbons (Fsp3) is 0.167. The molecular weight excluding hydrogens is 290 g/mol. The molecule has 0 unspecified atom stereocenters. The lowest BCUT2D eigenvalue weighted by Gasteiger charge is -1.93. The van der Waals surface area contributed by atoms with Crippen LogP contribution in [-0.2, 0) is 0 Å². The van der Waals surface area contributed by atoms with E-state index in [2.05, 4.69) is 4.98 Å². The summed E-state index contributed by atoms with van der Waals surface area (Å²) in [6.07, 6.45) is -0.461. The van der Waals surface area contributed by atoms with Gasteiger partial charge >= 0.3 is 0 Å². The Morgan fingerprint density at radius 3 is 2.95 bits per heavy atom. The highest BCUT2D eigenvalue weighted by Gasteiger charge is 2.07. The van der Waals surface area contributed by atoms with Crippen molar-refractivity contribution >= 4 is 39.2 Å². The highest BCUT2D eigenvalue weighted by atomic mass is 32.2. The maximum Gasteiger partial charge on any atom is 0.266 e. The van der Waals surface area contributed by atoms with Gasteiger partial charge in [0, 0.05) is 11.3 Å². The summed E-state index contributed by atoms with van der Waals surface area (Å²) in [4.78, 5) is 15.4. The van der Waals surface area contributed by atoms with E-state index < -0.39 is 12.0 Å². The number of thiazole rings is 1.